The van der Waals surface area contributed by atoms with Crippen LogP contribution in [-0.4, -0.2) is 16.8 Å². The van der Waals surface area contributed by atoms with Crippen molar-refractivity contribution >= 4 is 47.3 Å². The minimum atomic E-state index is -4.53. The van der Waals surface area contributed by atoms with E-state index >= 15 is 0 Å². The summed E-state index contributed by atoms with van der Waals surface area (Å²) < 4.78 is 57.1. The fourth-order valence-electron chi connectivity index (χ4n) is 4.71. The average Bonchev–Trinajstić information content (AvgIpc) is 2.93. The number of sulfonamides is 2. The zero-order chi connectivity index (χ0) is 24.4. The maximum absolute atomic E-state index is 14.1. The lowest BCUT2D eigenvalue weighted by Crippen LogP contribution is -2.36. The van der Waals surface area contributed by atoms with Crippen molar-refractivity contribution in [2.75, 3.05) is 3.71 Å². The molecule has 35 heavy (non-hydrogen) atoms. The Kier molecular flexibility index (Phi) is 4.55. The van der Waals surface area contributed by atoms with Crippen LogP contribution in [0.3, 0.4) is 0 Å². The second-order valence-electron chi connectivity index (χ2n) is 8.22. The molecule has 5 aromatic rings. The van der Waals surface area contributed by atoms with Crippen molar-refractivity contribution in [3.8, 4) is 23.5 Å². The molecule has 0 saturated carbocycles. The fraction of sp³-hybridized carbons (Fsp3) is 0. The van der Waals surface area contributed by atoms with Gasteiger partial charge in [-0.05, 0) is 57.9 Å². The van der Waals surface area contributed by atoms with E-state index in [2.05, 4.69) is 5.92 Å². The molecule has 0 aromatic heterocycles. The molecule has 1 aliphatic rings. The summed E-state index contributed by atoms with van der Waals surface area (Å²) >= 11 is 0. The molecule has 6 rings (SSSR count). The highest BCUT2D eigenvalue weighted by Gasteiger charge is 2.43. The van der Waals surface area contributed by atoms with Gasteiger partial charge in [-0.15, -0.1) is 6.42 Å². The van der Waals surface area contributed by atoms with Gasteiger partial charge in [0, 0.05) is 16.7 Å². The zero-order valence-corrected chi connectivity index (χ0v) is 19.8. The van der Waals surface area contributed by atoms with Crippen molar-refractivity contribution in [1.29, 1.82) is 0 Å². The second-order valence-corrected chi connectivity index (χ2v) is 12.0. The van der Waals surface area contributed by atoms with Crippen LogP contribution in [-0.2, 0) is 20.0 Å². The van der Waals surface area contributed by atoms with E-state index in [4.69, 9.17) is 6.42 Å². The summed E-state index contributed by atoms with van der Waals surface area (Å²) in [4.78, 5) is -0.146. The topological polar surface area (TPSA) is 71.5 Å². The van der Waals surface area contributed by atoms with Crippen molar-refractivity contribution < 1.29 is 16.8 Å². The van der Waals surface area contributed by atoms with Crippen LogP contribution < -0.4 is 3.71 Å². The van der Waals surface area contributed by atoms with Crippen LogP contribution in [0.5, 0.6) is 0 Å². The van der Waals surface area contributed by atoms with E-state index in [9.17, 15) is 16.8 Å². The van der Waals surface area contributed by atoms with Crippen molar-refractivity contribution in [3.05, 3.63) is 103 Å². The van der Waals surface area contributed by atoms with Gasteiger partial charge in [-0.1, -0.05) is 66.6 Å². The van der Waals surface area contributed by atoms with Crippen LogP contribution in [0.1, 0.15) is 5.56 Å². The summed E-state index contributed by atoms with van der Waals surface area (Å²) in [5.41, 5.74) is 1.25. The number of hydrogen-bond acceptors (Lipinski definition) is 4. The summed E-state index contributed by atoms with van der Waals surface area (Å²) in [6, 6.07) is 27.0. The Balaban J connectivity index is 1.85. The molecular weight excluding hydrogens is 478 g/mol. The molecule has 0 atom stereocenters. The number of benzene rings is 5. The minimum Gasteiger partial charge on any atom is -0.200 e. The molecule has 0 saturated heterocycles. The largest absolute Gasteiger partial charge is 0.278 e. The maximum atomic E-state index is 14.1. The molecule has 0 amide bonds. The Labute approximate surface area is 203 Å². The number of nitrogens with zero attached hydrogens (tertiary/aromatic N) is 1. The van der Waals surface area contributed by atoms with Gasteiger partial charge in [0.1, 0.15) is 0 Å². The zero-order valence-electron chi connectivity index (χ0n) is 18.2. The predicted octanol–water partition coefficient (Wildman–Crippen LogP) is 5.54. The highest BCUT2D eigenvalue weighted by Crippen LogP contribution is 2.48. The number of terminal acetylenes is 1. The molecule has 0 spiro atoms. The van der Waals surface area contributed by atoms with Gasteiger partial charge >= 0.3 is 0 Å². The van der Waals surface area contributed by atoms with Crippen LogP contribution in [0.2, 0.25) is 0 Å². The first-order chi connectivity index (χ1) is 16.8. The van der Waals surface area contributed by atoms with E-state index < -0.39 is 20.0 Å². The third kappa shape index (κ3) is 3.01. The van der Waals surface area contributed by atoms with E-state index in [-0.39, 0.29) is 15.5 Å². The van der Waals surface area contributed by atoms with Crippen LogP contribution in [0, 0.1) is 12.3 Å². The first-order valence-electron chi connectivity index (χ1n) is 10.7. The second kappa shape index (κ2) is 7.44. The summed E-state index contributed by atoms with van der Waals surface area (Å²) in [6.07, 6.45) is 5.44. The highest BCUT2D eigenvalue weighted by atomic mass is 32.3. The molecule has 1 aliphatic heterocycles. The van der Waals surface area contributed by atoms with E-state index in [1.54, 1.807) is 12.1 Å². The van der Waals surface area contributed by atoms with Crippen LogP contribution in [0.25, 0.3) is 32.7 Å². The maximum Gasteiger partial charge on any atom is 0.278 e. The van der Waals surface area contributed by atoms with Crippen LogP contribution >= 0.6 is 0 Å². The van der Waals surface area contributed by atoms with Crippen molar-refractivity contribution in [2.45, 2.75) is 9.79 Å². The van der Waals surface area contributed by atoms with Gasteiger partial charge in [0.2, 0.25) is 0 Å². The van der Waals surface area contributed by atoms with Gasteiger partial charge in [0.05, 0.1) is 15.5 Å². The molecule has 170 valence electrons. The molecule has 7 heteroatoms. The lowest BCUT2D eigenvalue weighted by atomic mass is 9.94. The Morgan fingerprint density at radius 1 is 0.571 bits per heavy atom. The molecular formula is C28H17NO4S2. The molecule has 0 N–H and O–H groups in total. The third-order valence-corrected chi connectivity index (χ3v) is 10.5. The normalized spacial score (nSPS) is 15.7. The smallest absolute Gasteiger partial charge is 0.200 e. The van der Waals surface area contributed by atoms with Gasteiger partial charge in [0.25, 0.3) is 20.0 Å². The molecule has 0 unspecified atom stereocenters. The SMILES string of the molecule is C#Cc1ccc(N2S(=O)(=O)c3ccc4ccccc4c3-c3c(ccc4ccccc34)S2(=O)=O)cc1. The Bertz CT molecular complexity index is 1820. The molecule has 0 bridgehead atoms. The lowest BCUT2D eigenvalue weighted by Gasteiger charge is -2.22. The Morgan fingerprint density at radius 3 is 1.49 bits per heavy atom. The average molecular weight is 496 g/mol. The van der Waals surface area contributed by atoms with E-state index in [0.29, 0.717) is 31.2 Å². The highest BCUT2D eigenvalue weighted by molar-refractivity contribution is 8.10. The molecule has 0 aliphatic carbocycles. The quantitative estimate of drug-likeness (QED) is 0.286. The standard InChI is InChI=1S/C28H17NO4S2/c1-2-19-11-15-22(16-12-19)29-34(30,31)25-17-13-20-7-3-5-9-23(20)27(25)28-24-10-6-4-8-21(24)14-18-26(28)35(29,32)33/h1,3-18H. The molecule has 5 nitrogen and oxygen atoms in total. The Hall–Kier alpha value is -4.12. The Morgan fingerprint density at radius 2 is 1.03 bits per heavy atom. The first-order valence-corrected chi connectivity index (χ1v) is 13.6. The fourth-order valence-corrected chi connectivity index (χ4v) is 8.80. The van der Waals surface area contributed by atoms with Gasteiger partial charge in [-0.3, -0.25) is 0 Å². The van der Waals surface area contributed by atoms with E-state index in [1.807, 2.05) is 48.5 Å². The van der Waals surface area contributed by atoms with Gasteiger partial charge in [-0.25, -0.2) is 0 Å². The van der Waals surface area contributed by atoms with Crippen molar-refractivity contribution in [1.82, 2.24) is 0 Å². The minimum absolute atomic E-state index is 0.0101. The monoisotopic (exact) mass is 495 g/mol. The molecule has 0 fully saturated rings. The third-order valence-electron chi connectivity index (χ3n) is 6.27. The van der Waals surface area contributed by atoms with E-state index in [0.717, 1.165) is 10.8 Å². The summed E-state index contributed by atoms with van der Waals surface area (Å²) in [6.45, 7) is 0. The van der Waals surface area contributed by atoms with Gasteiger partial charge in [0.15, 0.2) is 0 Å². The van der Waals surface area contributed by atoms with Crippen LogP contribution in [0.4, 0.5) is 5.69 Å². The van der Waals surface area contributed by atoms with Gasteiger partial charge < -0.3 is 0 Å². The number of fused-ring (bicyclic) bond motifs is 7. The summed E-state index contributed by atoms with van der Waals surface area (Å²) in [7, 11) is -9.07. The van der Waals surface area contributed by atoms with Gasteiger partial charge in [-0.2, -0.15) is 20.5 Å². The molecule has 0 radical (unpaired) electrons. The molecule has 1 heterocycles. The van der Waals surface area contributed by atoms with Crippen molar-refractivity contribution in [2.24, 2.45) is 0 Å². The summed E-state index contributed by atoms with van der Waals surface area (Å²) in [5.74, 6) is 2.47. The van der Waals surface area contributed by atoms with Crippen molar-refractivity contribution in [3.63, 3.8) is 0 Å². The summed E-state index contributed by atoms with van der Waals surface area (Å²) in [5, 5.41) is 2.94. The van der Waals surface area contributed by atoms with E-state index in [1.165, 1.54) is 36.4 Å². The number of anilines is 1. The molecule has 5 aromatic carbocycles. The lowest BCUT2D eigenvalue weighted by molar-refractivity contribution is 0.585. The predicted molar refractivity (Wildman–Crippen MR) is 138 cm³/mol. The van der Waals surface area contributed by atoms with Crippen LogP contribution in [0.15, 0.2) is 107 Å². The first kappa shape index (κ1) is 21.4. The number of hydrogen-bond donors (Lipinski definition) is 0. The number of rotatable bonds is 1.